The van der Waals surface area contributed by atoms with E-state index in [1.165, 1.54) is 16.7 Å². The molecule has 1 heterocycles. The molecule has 3 heteroatoms. The number of likely N-dealkylation sites (tertiary alicyclic amines) is 1. The molecule has 0 spiro atoms. The summed E-state index contributed by atoms with van der Waals surface area (Å²) >= 11 is 0. The van der Waals surface area contributed by atoms with Crippen LogP contribution >= 0.6 is 0 Å². The zero-order valence-electron chi connectivity index (χ0n) is 13.6. The summed E-state index contributed by atoms with van der Waals surface area (Å²) in [5.41, 5.74) is 10.3. The van der Waals surface area contributed by atoms with Crippen LogP contribution < -0.4 is 5.73 Å². The number of hydrogen-bond donors (Lipinski definition) is 1. The van der Waals surface area contributed by atoms with E-state index in [1.54, 1.807) is 0 Å². The van der Waals surface area contributed by atoms with E-state index in [0.29, 0.717) is 6.04 Å². The first-order valence-corrected chi connectivity index (χ1v) is 7.60. The monoisotopic (exact) mass is 275 g/mol. The average Bonchev–Trinajstić information content (AvgIpc) is 2.70. The smallest absolute Gasteiger partial charge is 0.0426 e. The molecule has 3 nitrogen and oxygen atoms in total. The summed E-state index contributed by atoms with van der Waals surface area (Å²) in [5.74, 6) is 0.719. The maximum atomic E-state index is 6.44. The number of nitrogens with two attached hydrogens (primary N) is 1. The zero-order valence-corrected chi connectivity index (χ0v) is 13.6. The summed E-state index contributed by atoms with van der Waals surface area (Å²) in [6, 6.07) is 7.35. The Morgan fingerprint density at radius 3 is 2.55 bits per heavy atom. The lowest BCUT2D eigenvalue weighted by Crippen LogP contribution is -2.36. The van der Waals surface area contributed by atoms with Crippen LogP contribution in [-0.2, 0) is 0 Å². The minimum atomic E-state index is 0.115. The Labute approximate surface area is 123 Å². The number of hydrogen-bond acceptors (Lipinski definition) is 3. The first-order chi connectivity index (χ1) is 9.38. The molecule has 1 aromatic carbocycles. The standard InChI is InChI=1S/C17H29N3/c1-12-6-7-15(13(2)8-12)16(18)10-20-9-14(3)17(11-20)19(4)5/h6-8,14,16-17H,9-11,18H2,1-5H3. The summed E-state index contributed by atoms with van der Waals surface area (Å²) in [5, 5.41) is 0. The molecule has 2 rings (SSSR count). The molecule has 1 aromatic rings. The third kappa shape index (κ3) is 3.40. The Hall–Kier alpha value is -0.900. The minimum absolute atomic E-state index is 0.115. The maximum absolute atomic E-state index is 6.44. The molecule has 3 unspecified atom stereocenters. The molecule has 1 saturated heterocycles. The van der Waals surface area contributed by atoms with E-state index in [1.807, 2.05) is 0 Å². The maximum Gasteiger partial charge on any atom is 0.0426 e. The number of aryl methyl sites for hydroxylation is 2. The SMILES string of the molecule is Cc1ccc(C(N)CN2CC(C)C(N(C)C)C2)c(C)c1. The van der Waals surface area contributed by atoms with Gasteiger partial charge in [0.2, 0.25) is 0 Å². The second kappa shape index (κ2) is 6.25. The Kier molecular flexibility index (Phi) is 4.84. The lowest BCUT2D eigenvalue weighted by molar-refractivity contribution is 0.248. The third-order valence-corrected chi connectivity index (χ3v) is 4.59. The van der Waals surface area contributed by atoms with Crippen molar-refractivity contribution in [2.75, 3.05) is 33.7 Å². The van der Waals surface area contributed by atoms with E-state index >= 15 is 0 Å². The molecule has 1 aliphatic rings. The Balaban J connectivity index is 2.00. The highest BCUT2D eigenvalue weighted by molar-refractivity contribution is 5.32. The molecular weight excluding hydrogens is 246 g/mol. The van der Waals surface area contributed by atoms with Crippen LogP contribution in [0.5, 0.6) is 0 Å². The Morgan fingerprint density at radius 2 is 2.00 bits per heavy atom. The molecule has 0 aliphatic carbocycles. The fourth-order valence-electron chi connectivity index (χ4n) is 3.49. The van der Waals surface area contributed by atoms with E-state index in [9.17, 15) is 0 Å². The van der Waals surface area contributed by atoms with Gasteiger partial charge in [0.25, 0.3) is 0 Å². The molecule has 0 radical (unpaired) electrons. The third-order valence-electron chi connectivity index (χ3n) is 4.59. The van der Waals surface area contributed by atoms with E-state index in [4.69, 9.17) is 5.73 Å². The second-order valence-electron chi connectivity index (χ2n) is 6.69. The van der Waals surface area contributed by atoms with Gasteiger partial charge in [-0.3, -0.25) is 4.90 Å². The van der Waals surface area contributed by atoms with Gasteiger partial charge in [0.15, 0.2) is 0 Å². The topological polar surface area (TPSA) is 32.5 Å². The molecule has 0 aromatic heterocycles. The second-order valence-corrected chi connectivity index (χ2v) is 6.69. The van der Waals surface area contributed by atoms with Crippen LogP contribution in [-0.4, -0.2) is 49.6 Å². The van der Waals surface area contributed by atoms with Crippen LogP contribution in [0.4, 0.5) is 0 Å². The number of benzene rings is 1. The van der Waals surface area contributed by atoms with Crippen LogP contribution in [0.1, 0.15) is 29.7 Å². The Bertz CT molecular complexity index is 456. The lowest BCUT2D eigenvalue weighted by atomic mass is 9.99. The van der Waals surface area contributed by atoms with Crippen molar-refractivity contribution < 1.29 is 0 Å². The van der Waals surface area contributed by atoms with Gasteiger partial charge >= 0.3 is 0 Å². The van der Waals surface area contributed by atoms with E-state index in [-0.39, 0.29) is 6.04 Å². The van der Waals surface area contributed by atoms with Gasteiger partial charge in [-0.25, -0.2) is 0 Å². The summed E-state index contributed by atoms with van der Waals surface area (Å²) < 4.78 is 0. The molecule has 112 valence electrons. The molecule has 1 fully saturated rings. The highest BCUT2D eigenvalue weighted by Crippen LogP contribution is 2.24. The van der Waals surface area contributed by atoms with Crippen molar-refractivity contribution in [1.82, 2.24) is 9.80 Å². The fraction of sp³-hybridized carbons (Fsp3) is 0.647. The van der Waals surface area contributed by atoms with Crippen LogP contribution in [0.2, 0.25) is 0 Å². The van der Waals surface area contributed by atoms with Crippen LogP contribution in [0.3, 0.4) is 0 Å². The predicted octanol–water partition coefficient (Wildman–Crippen LogP) is 2.19. The molecule has 20 heavy (non-hydrogen) atoms. The molecule has 0 amide bonds. The quantitative estimate of drug-likeness (QED) is 0.914. The number of rotatable bonds is 4. The largest absolute Gasteiger partial charge is 0.323 e. The summed E-state index contributed by atoms with van der Waals surface area (Å²) in [7, 11) is 4.35. The first kappa shape index (κ1) is 15.5. The van der Waals surface area contributed by atoms with Gasteiger partial charge in [-0.05, 0) is 45.0 Å². The average molecular weight is 275 g/mol. The highest BCUT2D eigenvalue weighted by Gasteiger charge is 2.31. The van der Waals surface area contributed by atoms with Crippen molar-refractivity contribution in [3.05, 3.63) is 34.9 Å². The van der Waals surface area contributed by atoms with Gasteiger partial charge in [0, 0.05) is 31.7 Å². The van der Waals surface area contributed by atoms with Crippen LogP contribution in [0.15, 0.2) is 18.2 Å². The van der Waals surface area contributed by atoms with Crippen molar-refractivity contribution in [3.8, 4) is 0 Å². The summed E-state index contributed by atoms with van der Waals surface area (Å²) in [4.78, 5) is 4.85. The highest BCUT2D eigenvalue weighted by atomic mass is 15.2. The van der Waals surface area contributed by atoms with Gasteiger partial charge in [0.1, 0.15) is 0 Å². The summed E-state index contributed by atoms with van der Waals surface area (Å²) in [6.45, 7) is 9.88. The number of likely N-dealkylation sites (N-methyl/N-ethyl adjacent to an activating group) is 1. The van der Waals surface area contributed by atoms with Crippen molar-refractivity contribution in [1.29, 1.82) is 0 Å². The fourth-order valence-corrected chi connectivity index (χ4v) is 3.49. The van der Waals surface area contributed by atoms with Crippen molar-refractivity contribution in [3.63, 3.8) is 0 Å². The Morgan fingerprint density at radius 1 is 1.30 bits per heavy atom. The molecule has 3 atom stereocenters. The molecule has 0 saturated carbocycles. The van der Waals surface area contributed by atoms with Gasteiger partial charge in [0.05, 0.1) is 0 Å². The zero-order chi connectivity index (χ0) is 14.9. The van der Waals surface area contributed by atoms with Crippen LogP contribution in [0.25, 0.3) is 0 Å². The first-order valence-electron chi connectivity index (χ1n) is 7.60. The van der Waals surface area contributed by atoms with Gasteiger partial charge in [-0.15, -0.1) is 0 Å². The van der Waals surface area contributed by atoms with Gasteiger partial charge < -0.3 is 10.6 Å². The van der Waals surface area contributed by atoms with Crippen molar-refractivity contribution >= 4 is 0 Å². The van der Waals surface area contributed by atoms with E-state index in [2.05, 4.69) is 62.9 Å². The number of nitrogens with zero attached hydrogens (tertiary/aromatic N) is 2. The summed E-state index contributed by atoms with van der Waals surface area (Å²) in [6.07, 6.45) is 0. The molecular formula is C17H29N3. The lowest BCUT2D eigenvalue weighted by Gasteiger charge is -2.24. The van der Waals surface area contributed by atoms with Gasteiger partial charge in [-0.1, -0.05) is 30.7 Å². The predicted molar refractivity (Wildman–Crippen MR) is 85.9 cm³/mol. The molecule has 2 N–H and O–H groups in total. The molecule has 0 bridgehead atoms. The molecule has 1 aliphatic heterocycles. The van der Waals surface area contributed by atoms with E-state index in [0.717, 1.165) is 25.6 Å². The normalized spacial score (nSPS) is 25.4. The van der Waals surface area contributed by atoms with E-state index < -0.39 is 0 Å². The van der Waals surface area contributed by atoms with Crippen LogP contribution in [0, 0.1) is 19.8 Å². The van der Waals surface area contributed by atoms with Crippen molar-refractivity contribution in [2.45, 2.75) is 32.9 Å². The van der Waals surface area contributed by atoms with Crippen molar-refractivity contribution in [2.24, 2.45) is 11.7 Å². The van der Waals surface area contributed by atoms with Gasteiger partial charge in [-0.2, -0.15) is 0 Å². The minimum Gasteiger partial charge on any atom is -0.323 e.